The van der Waals surface area contributed by atoms with Crippen molar-refractivity contribution in [2.24, 2.45) is 0 Å². The molecule has 3 aromatic rings. The van der Waals surface area contributed by atoms with Crippen molar-refractivity contribution in [3.63, 3.8) is 0 Å². The highest BCUT2D eigenvalue weighted by molar-refractivity contribution is 7.07. The van der Waals surface area contributed by atoms with Crippen molar-refractivity contribution in [1.82, 2.24) is 10.3 Å². The lowest BCUT2D eigenvalue weighted by molar-refractivity contribution is 0.0485. The maximum Gasteiger partial charge on any atom is 0.251 e. The van der Waals surface area contributed by atoms with E-state index in [0.29, 0.717) is 18.7 Å². The molecule has 0 bridgehead atoms. The first-order valence-corrected chi connectivity index (χ1v) is 11.1. The van der Waals surface area contributed by atoms with Gasteiger partial charge in [0.05, 0.1) is 11.2 Å². The molecule has 0 radical (unpaired) electrons. The molecule has 5 nitrogen and oxygen atoms in total. The highest BCUT2D eigenvalue weighted by Crippen LogP contribution is 2.36. The topological polar surface area (TPSA) is 60.5 Å². The number of aromatic nitrogens is 1. The Bertz CT molecular complexity index is 964. The van der Waals surface area contributed by atoms with Crippen LogP contribution in [0.5, 0.6) is 5.75 Å². The lowest BCUT2D eigenvalue weighted by atomic mass is 9.72. The lowest BCUT2D eigenvalue weighted by Crippen LogP contribution is -2.45. The average molecular weight is 423 g/mol. The summed E-state index contributed by atoms with van der Waals surface area (Å²) in [5, 5.41) is 5.13. The molecule has 1 fully saturated rings. The summed E-state index contributed by atoms with van der Waals surface area (Å²) >= 11 is 1.55. The standard InChI is InChI=1S/C24H26N2O3S/c1-18-4-2-3-5-22(18)24(10-12-28-13-11-24)16-25-23(27)19-6-8-21(9-7-19)29-14-20-15-30-17-26-20/h2-9,15,17H,10-14,16H2,1H3,(H,25,27). The van der Waals surface area contributed by atoms with Gasteiger partial charge in [0.25, 0.3) is 5.91 Å². The molecule has 1 amide bonds. The summed E-state index contributed by atoms with van der Waals surface area (Å²) < 4.78 is 11.3. The van der Waals surface area contributed by atoms with Crippen LogP contribution >= 0.6 is 11.3 Å². The van der Waals surface area contributed by atoms with Gasteiger partial charge in [0.15, 0.2) is 0 Å². The molecule has 6 heteroatoms. The highest BCUT2D eigenvalue weighted by Gasteiger charge is 2.35. The third-order valence-corrected chi connectivity index (χ3v) is 6.38. The zero-order chi connectivity index (χ0) is 20.8. The molecule has 0 aliphatic carbocycles. The summed E-state index contributed by atoms with van der Waals surface area (Å²) in [4.78, 5) is 17.0. The van der Waals surface area contributed by atoms with E-state index < -0.39 is 0 Å². The van der Waals surface area contributed by atoms with Crippen molar-refractivity contribution in [1.29, 1.82) is 0 Å². The van der Waals surface area contributed by atoms with Gasteiger partial charge in [-0.15, -0.1) is 11.3 Å². The van der Waals surface area contributed by atoms with Crippen LogP contribution in [0.2, 0.25) is 0 Å². The summed E-state index contributed by atoms with van der Waals surface area (Å²) in [6.07, 6.45) is 1.81. The number of aryl methyl sites for hydroxylation is 1. The van der Waals surface area contributed by atoms with Crippen molar-refractivity contribution in [2.45, 2.75) is 31.8 Å². The third-order valence-electron chi connectivity index (χ3n) is 5.74. The predicted octanol–water partition coefficient (Wildman–Crippen LogP) is 4.51. The molecule has 30 heavy (non-hydrogen) atoms. The van der Waals surface area contributed by atoms with E-state index >= 15 is 0 Å². The summed E-state index contributed by atoms with van der Waals surface area (Å²) in [6.45, 7) is 4.60. The van der Waals surface area contributed by atoms with E-state index in [1.165, 1.54) is 11.1 Å². The normalized spacial score (nSPS) is 15.5. The first-order valence-electron chi connectivity index (χ1n) is 10.2. The Hall–Kier alpha value is -2.70. The number of benzene rings is 2. The molecule has 1 N–H and O–H groups in total. The van der Waals surface area contributed by atoms with Crippen molar-refractivity contribution in [2.75, 3.05) is 19.8 Å². The molecule has 0 saturated carbocycles. The SMILES string of the molecule is Cc1ccccc1C1(CNC(=O)c2ccc(OCc3cscn3)cc2)CCOCC1. The molecule has 0 unspecified atom stereocenters. The Balaban J connectivity index is 1.40. The van der Waals surface area contributed by atoms with Crippen molar-refractivity contribution < 1.29 is 14.3 Å². The summed E-state index contributed by atoms with van der Waals surface area (Å²) in [5.41, 5.74) is 5.79. The number of carbonyl (C=O) groups is 1. The van der Waals surface area contributed by atoms with Gasteiger partial charge in [-0.25, -0.2) is 4.98 Å². The quantitative estimate of drug-likeness (QED) is 0.609. The van der Waals surface area contributed by atoms with Crippen LogP contribution in [-0.2, 0) is 16.8 Å². The Morgan fingerprint density at radius 3 is 2.63 bits per heavy atom. The fourth-order valence-electron chi connectivity index (χ4n) is 3.99. The minimum atomic E-state index is -0.0875. The van der Waals surface area contributed by atoms with E-state index in [1.54, 1.807) is 29.0 Å². The van der Waals surface area contributed by atoms with Crippen LogP contribution in [0.25, 0.3) is 0 Å². The second-order valence-corrected chi connectivity index (χ2v) is 8.40. The van der Waals surface area contributed by atoms with Crippen LogP contribution in [0.15, 0.2) is 59.4 Å². The van der Waals surface area contributed by atoms with Crippen LogP contribution < -0.4 is 10.1 Å². The summed E-state index contributed by atoms with van der Waals surface area (Å²) in [6, 6.07) is 15.7. The molecular weight excluding hydrogens is 396 g/mol. The number of rotatable bonds is 7. The smallest absolute Gasteiger partial charge is 0.251 e. The van der Waals surface area contributed by atoms with Crippen molar-refractivity contribution in [3.8, 4) is 5.75 Å². The second kappa shape index (κ2) is 9.41. The van der Waals surface area contributed by atoms with Gasteiger partial charge in [-0.1, -0.05) is 24.3 Å². The first-order chi connectivity index (χ1) is 14.7. The molecule has 1 saturated heterocycles. The fourth-order valence-corrected chi connectivity index (χ4v) is 4.53. The van der Waals surface area contributed by atoms with Gasteiger partial charge in [-0.05, 0) is 55.2 Å². The highest BCUT2D eigenvalue weighted by atomic mass is 32.1. The molecule has 156 valence electrons. The third kappa shape index (κ3) is 4.71. The molecule has 2 aromatic carbocycles. The maximum atomic E-state index is 12.8. The van der Waals surface area contributed by atoms with Crippen LogP contribution in [0.3, 0.4) is 0 Å². The lowest BCUT2D eigenvalue weighted by Gasteiger charge is -2.39. The number of nitrogens with one attached hydrogen (secondary N) is 1. The fraction of sp³-hybridized carbons (Fsp3) is 0.333. The largest absolute Gasteiger partial charge is 0.487 e. The molecule has 1 aromatic heterocycles. The molecule has 4 rings (SSSR count). The molecule has 0 atom stereocenters. The van der Waals surface area contributed by atoms with Crippen LogP contribution in [-0.4, -0.2) is 30.6 Å². The monoisotopic (exact) mass is 422 g/mol. The molecular formula is C24H26N2O3S. The van der Waals surface area contributed by atoms with Gasteiger partial charge in [0, 0.05) is 36.1 Å². The number of ether oxygens (including phenoxy) is 2. The van der Waals surface area contributed by atoms with Crippen molar-refractivity contribution >= 4 is 17.2 Å². The number of hydrogen-bond donors (Lipinski definition) is 1. The van der Waals surface area contributed by atoms with E-state index in [2.05, 4.69) is 41.5 Å². The van der Waals surface area contributed by atoms with E-state index in [0.717, 1.165) is 37.5 Å². The number of carbonyl (C=O) groups excluding carboxylic acids is 1. The van der Waals surface area contributed by atoms with E-state index in [9.17, 15) is 4.79 Å². The summed E-state index contributed by atoms with van der Waals surface area (Å²) in [7, 11) is 0. The minimum Gasteiger partial charge on any atom is -0.487 e. The molecule has 2 heterocycles. The van der Waals surface area contributed by atoms with Gasteiger partial charge in [0.1, 0.15) is 12.4 Å². The van der Waals surface area contributed by atoms with Crippen molar-refractivity contribution in [3.05, 3.63) is 81.8 Å². The Labute approximate surface area is 181 Å². The van der Waals surface area contributed by atoms with Crippen LogP contribution in [0.1, 0.15) is 40.0 Å². The zero-order valence-corrected chi connectivity index (χ0v) is 17.9. The Kier molecular flexibility index (Phi) is 6.45. The van der Waals surface area contributed by atoms with E-state index in [1.807, 2.05) is 17.5 Å². The minimum absolute atomic E-state index is 0.0690. The van der Waals surface area contributed by atoms with Gasteiger partial charge in [0.2, 0.25) is 0 Å². The first kappa shape index (κ1) is 20.6. The predicted molar refractivity (Wildman–Crippen MR) is 118 cm³/mol. The van der Waals surface area contributed by atoms with Gasteiger partial charge < -0.3 is 14.8 Å². The average Bonchev–Trinajstić information content (AvgIpc) is 3.31. The van der Waals surface area contributed by atoms with E-state index in [4.69, 9.17) is 9.47 Å². The van der Waals surface area contributed by atoms with E-state index in [-0.39, 0.29) is 11.3 Å². The molecule has 1 aliphatic rings. The molecule has 0 spiro atoms. The number of hydrogen-bond acceptors (Lipinski definition) is 5. The Morgan fingerprint density at radius 1 is 1.17 bits per heavy atom. The second-order valence-electron chi connectivity index (χ2n) is 7.68. The summed E-state index contributed by atoms with van der Waals surface area (Å²) in [5.74, 6) is 0.654. The number of nitrogens with zero attached hydrogens (tertiary/aromatic N) is 1. The Morgan fingerprint density at radius 2 is 1.93 bits per heavy atom. The maximum absolute atomic E-state index is 12.8. The van der Waals surface area contributed by atoms with Gasteiger partial charge in [-0.2, -0.15) is 0 Å². The van der Waals surface area contributed by atoms with Crippen LogP contribution in [0, 0.1) is 6.92 Å². The number of amides is 1. The number of thiazole rings is 1. The zero-order valence-electron chi connectivity index (χ0n) is 17.1. The van der Waals surface area contributed by atoms with Crippen LogP contribution in [0.4, 0.5) is 0 Å². The van der Waals surface area contributed by atoms with Gasteiger partial charge in [-0.3, -0.25) is 4.79 Å². The molecule has 1 aliphatic heterocycles. The van der Waals surface area contributed by atoms with Gasteiger partial charge >= 0.3 is 0 Å².